The first-order valence-corrected chi connectivity index (χ1v) is 6.59. The number of hydrogen-bond donors (Lipinski definition) is 2. The number of hydrogen-bond acceptors (Lipinski definition) is 2. The zero-order chi connectivity index (χ0) is 13.0. The zero-order valence-corrected chi connectivity index (χ0v) is 11.5. The highest BCUT2D eigenvalue weighted by atomic mass is 79.9. The molecule has 0 bridgehead atoms. The van der Waals surface area contributed by atoms with E-state index in [1.54, 1.807) is 0 Å². The number of benzene rings is 2. The van der Waals surface area contributed by atoms with Gasteiger partial charge in [0.05, 0.1) is 12.4 Å². The maximum absolute atomic E-state index is 7.12. The van der Waals surface area contributed by atoms with E-state index in [9.17, 15) is 0 Å². The van der Waals surface area contributed by atoms with E-state index in [-0.39, 0.29) is 5.84 Å². The molecule has 3 nitrogen and oxygen atoms in total. The number of amidine groups is 1. The van der Waals surface area contributed by atoms with E-state index in [2.05, 4.69) is 28.1 Å². The van der Waals surface area contributed by atoms with Crippen molar-refractivity contribution in [2.24, 2.45) is 5.73 Å². The minimum absolute atomic E-state index is 0.210. The van der Waals surface area contributed by atoms with Crippen LogP contribution in [0.4, 0.5) is 0 Å². The smallest absolute Gasteiger partial charge is 0.119 e. The average Bonchev–Trinajstić information content (AvgIpc) is 2.34. The fourth-order valence-electron chi connectivity index (χ4n) is 1.74. The first-order valence-electron chi connectivity index (χ1n) is 5.80. The molecule has 0 heterocycles. The number of ether oxygens (including phenoxy) is 1. The van der Waals surface area contributed by atoms with Crippen molar-refractivity contribution in [3.63, 3.8) is 0 Å². The van der Waals surface area contributed by atoms with Crippen LogP contribution in [0, 0.1) is 5.41 Å². The highest BCUT2D eigenvalue weighted by molar-refractivity contribution is 9.10. The van der Waals surface area contributed by atoms with Crippen LogP contribution in [0.3, 0.4) is 0 Å². The van der Waals surface area contributed by atoms with Crippen LogP contribution in [0.15, 0.2) is 40.9 Å². The zero-order valence-electron chi connectivity index (χ0n) is 9.95. The van der Waals surface area contributed by atoms with Gasteiger partial charge >= 0.3 is 0 Å². The van der Waals surface area contributed by atoms with Crippen LogP contribution < -0.4 is 10.5 Å². The third-order valence-corrected chi connectivity index (χ3v) is 3.13. The van der Waals surface area contributed by atoms with Crippen molar-refractivity contribution in [2.45, 2.75) is 12.8 Å². The number of halogens is 1. The van der Waals surface area contributed by atoms with Crippen molar-refractivity contribution < 1.29 is 4.74 Å². The highest BCUT2D eigenvalue weighted by Gasteiger charge is 1.99. The lowest BCUT2D eigenvalue weighted by Gasteiger charge is -2.07. The van der Waals surface area contributed by atoms with E-state index >= 15 is 0 Å². The largest absolute Gasteiger partial charge is 0.494 e. The number of nitrogens with two attached hydrogens (primary N) is 1. The number of nitrogens with one attached hydrogen (secondary N) is 1. The molecule has 0 fully saturated rings. The molecule has 2 aromatic carbocycles. The summed E-state index contributed by atoms with van der Waals surface area (Å²) in [4.78, 5) is 0. The van der Waals surface area contributed by atoms with Crippen LogP contribution in [-0.2, 0) is 0 Å². The Kier molecular flexibility index (Phi) is 4.20. The van der Waals surface area contributed by atoms with Crippen LogP contribution in [0.5, 0.6) is 5.75 Å². The molecule has 0 aliphatic carbocycles. The van der Waals surface area contributed by atoms with Crippen LogP contribution >= 0.6 is 15.9 Å². The van der Waals surface area contributed by atoms with E-state index in [4.69, 9.17) is 15.9 Å². The van der Waals surface area contributed by atoms with E-state index < -0.39 is 0 Å². The second-order valence-electron chi connectivity index (χ2n) is 4.13. The fourth-order valence-corrected chi connectivity index (χ4v) is 2.12. The van der Waals surface area contributed by atoms with Crippen molar-refractivity contribution >= 4 is 32.5 Å². The predicted octanol–water partition coefficient (Wildman–Crippen LogP) is 3.70. The van der Waals surface area contributed by atoms with Gasteiger partial charge in [0, 0.05) is 10.9 Å². The summed E-state index contributed by atoms with van der Waals surface area (Å²) in [5.41, 5.74) is 5.28. The molecule has 0 amide bonds. The molecule has 4 heteroatoms. The van der Waals surface area contributed by atoms with Crippen molar-refractivity contribution in [1.82, 2.24) is 0 Å². The number of rotatable bonds is 5. The van der Waals surface area contributed by atoms with Crippen LogP contribution in [0.25, 0.3) is 10.8 Å². The van der Waals surface area contributed by atoms with Gasteiger partial charge in [-0.2, -0.15) is 0 Å². The van der Waals surface area contributed by atoms with Gasteiger partial charge in [-0.3, -0.25) is 5.41 Å². The summed E-state index contributed by atoms with van der Waals surface area (Å²) in [6, 6.07) is 12.2. The Hall–Kier alpha value is -1.55. The Labute approximate surface area is 115 Å². The Morgan fingerprint density at radius 3 is 2.67 bits per heavy atom. The van der Waals surface area contributed by atoms with E-state index in [0.29, 0.717) is 13.0 Å². The first-order chi connectivity index (χ1) is 8.65. The fraction of sp³-hybridized carbons (Fsp3) is 0.214. The van der Waals surface area contributed by atoms with Crippen LogP contribution in [0.1, 0.15) is 12.8 Å². The summed E-state index contributed by atoms with van der Waals surface area (Å²) in [7, 11) is 0. The number of fused-ring (bicyclic) bond motifs is 1. The summed E-state index contributed by atoms with van der Waals surface area (Å²) < 4.78 is 6.70. The van der Waals surface area contributed by atoms with Crippen LogP contribution in [-0.4, -0.2) is 12.4 Å². The molecule has 0 radical (unpaired) electrons. The van der Waals surface area contributed by atoms with Gasteiger partial charge in [0.15, 0.2) is 0 Å². The maximum atomic E-state index is 7.12. The van der Waals surface area contributed by atoms with Gasteiger partial charge in [-0.15, -0.1) is 0 Å². The van der Waals surface area contributed by atoms with E-state index in [1.807, 2.05) is 24.3 Å². The predicted molar refractivity (Wildman–Crippen MR) is 78.3 cm³/mol. The Balaban J connectivity index is 2.01. The van der Waals surface area contributed by atoms with Gasteiger partial charge in [0.2, 0.25) is 0 Å². The monoisotopic (exact) mass is 306 g/mol. The average molecular weight is 307 g/mol. The quantitative estimate of drug-likeness (QED) is 0.503. The van der Waals surface area contributed by atoms with Gasteiger partial charge in [-0.05, 0) is 41.5 Å². The van der Waals surface area contributed by atoms with Gasteiger partial charge < -0.3 is 10.5 Å². The van der Waals surface area contributed by atoms with Gasteiger partial charge in [-0.25, -0.2) is 0 Å². The third-order valence-electron chi connectivity index (χ3n) is 2.63. The Morgan fingerprint density at radius 1 is 1.17 bits per heavy atom. The standard InChI is InChI=1S/C14H15BrN2O/c15-12-5-3-11-9-13(6-4-10(11)8-12)18-7-1-2-14(16)17/h3-6,8-9H,1-2,7H2,(H3,16,17). The minimum atomic E-state index is 0.210. The second-order valence-corrected chi connectivity index (χ2v) is 5.05. The molecule has 18 heavy (non-hydrogen) atoms. The summed E-state index contributed by atoms with van der Waals surface area (Å²) >= 11 is 3.45. The van der Waals surface area contributed by atoms with Crippen molar-refractivity contribution in [3.05, 3.63) is 40.9 Å². The van der Waals surface area contributed by atoms with Crippen molar-refractivity contribution in [3.8, 4) is 5.75 Å². The molecule has 0 aromatic heterocycles. The lowest BCUT2D eigenvalue weighted by Crippen LogP contribution is -2.10. The lowest BCUT2D eigenvalue weighted by atomic mass is 10.1. The Bertz CT molecular complexity index is 569. The van der Waals surface area contributed by atoms with Gasteiger partial charge in [-0.1, -0.05) is 28.1 Å². The molecule has 3 N–H and O–H groups in total. The SMILES string of the molecule is N=C(N)CCCOc1ccc2cc(Br)ccc2c1. The maximum Gasteiger partial charge on any atom is 0.119 e. The first kappa shape index (κ1) is 12.9. The molecular formula is C14H15BrN2O. The molecule has 0 saturated carbocycles. The van der Waals surface area contributed by atoms with Crippen LogP contribution in [0.2, 0.25) is 0 Å². The molecule has 2 aromatic rings. The lowest BCUT2D eigenvalue weighted by molar-refractivity contribution is 0.314. The van der Waals surface area contributed by atoms with Gasteiger partial charge in [0.1, 0.15) is 5.75 Å². The second kappa shape index (κ2) is 5.87. The topological polar surface area (TPSA) is 59.1 Å². The molecule has 94 valence electrons. The summed E-state index contributed by atoms with van der Waals surface area (Å²) in [5.74, 6) is 1.07. The van der Waals surface area contributed by atoms with Gasteiger partial charge in [0.25, 0.3) is 0 Å². The molecule has 0 aliphatic heterocycles. The minimum Gasteiger partial charge on any atom is -0.494 e. The molecule has 2 rings (SSSR count). The Morgan fingerprint density at radius 2 is 1.89 bits per heavy atom. The normalized spacial score (nSPS) is 10.5. The molecule has 0 atom stereocenters. The van der Waals surface area contributed by atoms with E-state index in [0.717, 1.165) is 22.0 Å². The molecular weight excluding hydrogens is 292 g/mol. The highest BCUT2D eigenvalue weighted by Crippen LogP contribution is 2.24. The van der Waals surface area contributed by atoms with Crippen molar-refractivity contribution in [1.29, 1.82) is 5.41 Å². The molecule has 0 unspecified atom stereocenters. The molecule has 0 saturated heterocycles. The van der Waals surface area contributed by atoms with E-state index in [1.165, 1.54) is 5.39 Å². The third kappa shape index (κ3) is 3.47. The molecule has 0 spiro atoms. The van der Waals surface area contributed by atoms with Crippen molar-refractivity contribution in [2.75, 3.05) is 6.61 Å². The molecule has 0 aliphatic rings. The summed E-state index contributed by atoms with van der Waals surface area (Å²) in [5, 5.41) is 9.46. The summed E-state index contributed by atoms with van der Waals surface area (Å²) in [6.45, 7) is 0.585. The summed E-state index contributed by atoms with van der Waals surface area (Å²) in [6.07, 6.45) is 1.36.